The largest absolute Gasteiger partial charge is 0.490 e. The molecule has 0 aliphatic carbocycles. The molecule has 3 aromatic carbocycles. The first-order valence-electron chi connectivity index (χ1n) is 10.9. The summed E-state index contributed by atoms with van der Waals surface area (Å²) in [5.41, 5.74) is 4.85. The van der Waals surface area contributed by atoms with Crippen LogP contribution in [0.2, 0.25) is 0 Å². The summed E-state index contributed by atoms with van der Waals surface area (Å²) in [6.07, 6.45) is 1.40. The van der Waals surface area contributed by atoms with Crippen LogP contribution in [0.4, 0.5) is 11.4 Å². The van der Waals surface area contributed by atoms with E-state index >= 15 is 0 Å². The van der Waals surface area contributed by atoms with Crippen LogP contribution >= 0.6 is 0 Å². The van der Waals surface area contributed by atoms with Crippen molar-refractivity contribution in [1.29, 1.82) is 0 Å². The monoisotopic (exact) mass is 474 g/mol. The highest BCUT2D eigenvalue weighted by Crippen LogP contribution is 2.29. The van der Waals surface area contributed by atoms with Gasteiger partial charge in [0.1, 0.15) is 6.61 Å². The van der Waals surface area contributed by atoms with Crippen molar-refractivity contribution in [3.05, 3.63) is 83.9 Å². The molecular formula is C26H26N4O5. The summed E-state index contributed by atoms with van der Waals surface area (Å²) < 4.78 is 11.5. The Morgan fingerprint density at radius 3 is 2.17 bits per heavy atom. The molecule has 0 radical (unpaired) electrons. The fourth-order valence-corrected chi connectivity index (χ4v) is 2.97. The van der Waals surface area contributed by atoms with Crippen LogP contribution in [-0.4, -0.2) is 30.5 Å². The number of rotatable bonds is 9. The molecule has 3 N–H and O–H groups in total. The predicted molar refractivity (Wildman–Crippen MR) is 133 cm³/mol. The maximum Gasteiger partial charge on any atom is 0.329 e. The maximum absolute atomic E-state index is 12.1. The Bertz CT molecular complexity index is 1190. The normalized spacial score (nSPS) is 10.5. The van der Waals surface area contributed by atoms with Crippen molar-refractivity contribution in [2.45, 2.75) is 20.5 Å². The Morgan fingerprint density at radius 2 is 1.51 bits per heavy atom. The molecule has 0 heterocycles. The minimum absolute atomic E-state index is 0.207. The first kappa shape index (κ1) is 25.0. The van der Waals surface area contributed by atoms with E-state index in [-0.39, 0.29) is 5.91 Å². The van der Waals surface area contributed by atoms with Crippen LogP contribution in [0.5, 0.6) is 11.5 Å². The fraction of sp³-hybridized carbons (Fsp3) is 0.154. The van der Waals surface area contributed by atoms with Gasteiger partial charge in [0, 0.05) is 18.3 Å². The number of nitrogens with one attached hydrogen (secondary N) is 3. The number of ether oxygens (including phenoxy) is 2. The van der Waals surface area contributed by atoms with Gasteiger partial charge in [-0.1, -0.05) is 30.3 Å². The first-order chi connectivity index (χ1) is 16.9. The van der Waals surface area contributed by atoms with Gasteiger partial charge in [0.25, 0.3) is 0 Å². The molecule has 0 aliphatic heterocycles. The number of nitrogens with zero attached hydrogens (tertiary/aromatic N) is 1. The van der Waals surface area contributed by atoms with Crippen LogP contribution in [-0.2, 0) is 21.0 Å². The second kappa shape index (κ2) is 12.5. The lowest BCUT2D eigenvalue weighted by molar-refractivity contribution is -0.136. The predicted octanol–water partition coefficient (Wildman–Crippen LogP) is 3.71. The Labute approximate surface area is 203 Å². The molecule has 0 aliphatic rings. The van der Waals surface area contributed by atoms with E-state index in [0.29, 0.717) is 41.7 Å². The lowest BCUT2D eigenvalue weighted by Gasteiger charge is -2.12. The highest BCUT2D eigenvalue weighted by molar-refractivity contribution is 6.39. The first-order valence-corrected chi connectivity index (χ1v) is 10.9. The zero-order valence-electron chi connectivity index (χ0n) is 19.4. The summed E-state index contributed by atoms with van der Waals surface area (Å²) in [6, 6.07) is 21.4. The van der Waals surface area contributed by atoms with E-state index in [2.05, 4.69) is 21.2 Å². The Balaban J connectivity index is 1.55. The summed E-state index contributed by atoms with van der Waals surface area (Å²) in [6.45, 7) is 4.11. The molecule has 0 fully saturated rings. The number of benzene rings is 3. The van der Waals surface area contributed by atoms with Crippen LogP contribution in [0.3, 0.4) is 0 Å². The highest BCUT2D eigenvalue weighted by atomic mass is 16.5. The molecule has 0 atom stereocenters. The van der Waals surface area contributed by atoms with Gasteiger partial charge in [-0.05, 0) is 60.5 Å². The van der Waals surface area contributed by atoms with Crippen LogP contribution in [0, 0.1) is 0 Å². The van der Waals surface area contributed by atoms with Gasteiger partial charge in [-0.2, -0.15) is 5.10 Å². The Morgan fingerprint density at radius 1 is 0.829 bits per heavy atom. The van der Waals surface area contributed by atoms with Gasteiger partial charge in [0.15, 0.2) is 11.5 Å². The molecule has 9 nitrogen and oxygen atoms in total. The van der Waals surface area contributed by atoms with Crippen LogP contribution in [0.1, 0.15) is 25.0 Å². The number of anilines is 2. The number of hydrazone groups is 1. The number of carbonyl (C=O) groups is 3. The molecule has 35 heavy (non-hydrogen) atoms. The molecule has 0 unspecified atom stereocenters. The second-order valence-electron chi connectivity index (χ2n) is 7.33. The van der Waals surface area contributed by atoms with Crippen molar-refractivity contribution in [3.8, 4) is 11.5 Å². The minimum atomic E-state index is -0.931. The van der Waals surface area contributed by atoms with Gasteiger partial charge in [-0.25, -0.2) is 5.43 Å². The third-order valence-corrected chi connectivity index (χ3v) is 4.55. The highest BCUT2D eigenvalue weighted by Gasteiger charge is 2.13. The summed E-state index contributed by atoms with van der Waals surface area (Å²) in [7, 11) is 0. The molecule has 3 rings (SSSR count). The van der Waals surface area contributed by atoms with Gasteiger partial charge in [0.05, 0.1) is 12.8 Å². The van der Waals surface area contributed by atoms with Crippen molar-refractivity contribution < 1.29 is 23.9 Å². The smallest absolute Gasteiger partial charge is 0.329 e. The molecule has 0 bridgehead atoms. The maximum atomic E-state index is 12.1. The third-order valence-electron chi connectivity index (χ3n) is 4.55. The van der Waals surface area contributed by atoms with Crippen molar-refractivity contribution in [2.75, 3.05) is 17.2 Å². The van der Waals surface area contributed by atoms with Crippen molar-refractivity contribution in [1.82, 2.24) is 5.43 Å². The van der Waals surface area contributed by atoms with Crippen LogP contribution < -0.4 is 25.5 Å². The minimum Gasteiger partial charge on any atom is -0.490 e. The molecule has 0 aromatic heterocycles. The van der Waals surface area contributed by atoms with Crippen LogP contribution in [0.25, 0.3) is 0 Å². The number of carbonyl (C=O) groups excluding carboxylic acids is 3. The van der Waals surface area contributed by atoms with Gasteiger partial charge >= 0.3 is 11.8 Å². The summed E-state index contributed by atoms with van der Waals surface area (Å²) >= 11 is 0. The summed E-state index contributed by atoms with van der Waals surface area (Å²) in [5, 5.41) is 8.92. The average molecular weight is 475 g/mol. The lowest BCUT2D eigenvalue weighted by atomic mass is 10.2. The van der Waals surface area contributed by atoms with E-state index in [1.165, 1.54) is 13.1 Å². The Hall–Kier alpha value is -4.66. The lowest BCUT2D eigenvalue weighted by Crippen LogP contribution is -2.32. The zero-order valence-corrected chi connectivity index (χ0v) is 19.4. The third kappa shape index (κ3) is 8.01. The molecule has 0 spiro atoms. The van der Waals surface area contributed by atoms with E-state index in [4.69, 9.17) is 9.47 Å². The fourth-order valence-electron chi connectivity index (χ4n) is 2.97. The summed E-state index contributed by atoms with van der Waals surface area (Å²) in [4.78, 5) is 35.2. The molecule has 3 amide bonds. The molecule has 9 heteroatoms. The van der Waals surface area contributed by atoms with Gasteiger partial charge in [-0.15, -0.1) is 0 Å². The zero-order chi connectivity index (χ0) is 25.0. The molecule has 0 saturated heterocycles. The van der Waals surface area contributed by atoms with E-state index in [0.717, 1.165) is 5.56 Å². The van der Waals surface area contributed by atoms with Gasteiger partial charge < -0.3 is 20.1 Å². The van der Waals surface area contributed by atoms with E-state index in [1.54, 1.807) is 42.5 Å². The van der Waals surface area contributed by atoms with Crippen LogP contribution in [0.15, 0.2) is 77.9 Å². The second-order valence-corrected chi connectivity index (χ2v) is 7.33. The molecule has 3 aromatic rings. The van der Waals surface area contributed by atoms with E-state index < -0.39 is 11.8 Å². The number of amides is 3. The molecular weight excluding hydrogens is 448 g/mol. The summed E-state index contributed by atoms with van der Waals surface area (Å²) in [5.74, 6) is -0.893. The average Bonchev–Trinajstić information content (AvgIpc) is 2.85. The van der Waals surface area contributed by atoms with E-state index in [1.807, 2.05) is 37.3 Å². The Kier molecular flexibility index (Phi) is 8.95. The molecule has 180 valence electrons. The van der Waals surface area contributed by atoms with Crippen molar-refractivity contribution >= 4 is 35.3 Å². The quantitative estimate of drug-likeness (QED) is 0.248. The van der Waals surface area contributed by atoms with Gasteiger partial charge in [0.2, 0.25) is 5.91 Å². The topological polar surface area (TPSA) is 118 Å². The standard InChI is InChI=1S/C26H26N4O5/c1-3-34-24-15-20(9-14-23(24)35-17-19-7-5-4-6-8-19)16-27-30-26(33)25(32)29-22-12-10-21(11-13-22)28-18(2)31/h4-16H,3,17H2,1-2H3,(H,28,31)(H,29,32)(H,30,33)/b27-16+. The van der Waals surface area contributed by atoms with Crippen molar-refractivity contribution in [3.63, 3.8) is 0 Å². The number of hydrogen-bond donors (Lipinski definition) is 3. The van der Waals surface area contributed by atoms with E-state index in [9.17, 15) is 14.4 Å². The number of hydrogen-bond acceptors (Lipinski definition) is 6. The molecule has 0 saturated carbocycles. The van der Waals surface area contributed by atoms with Crippen molar-refractivity contribution in [2.24, 2.45) is 5.10 Å². The van der Waals surface area contributed by atoms with Gasteiger partial charge in [-0.3, -0.25) is 14.4 Å². The SMILES string of the molecule is CCOc1cc(/C=N/NC(=O)C(=O)Nc2ccc(NC(C)=O)cc2)ccc1OCc1ccccc1.